The number of nitrogens with zero attached hydrogens (tertiary/aromatic N) is 3. The fourth-order valence-electron chi connectivity index (χ4n) is 2.60. The van der Waals surface area contributed by atoms with E-state index < -0.39 is 0 Å². The van der Waals surface area contributed by atoms with Crippen LogP contribution in [0.2, 0.25) is 0 Å². The lowest BCUT2D eigenvalue weighted by molar-refractivity contribution is 0.122. The zero-order valence-electron chi connectivity index (χ0n) is 9.70. The molecule has 3 rings (SSSR count). The third-order valence-electron chi connectivity index (χ3n) is 3.35. The molecule has 16 heavy (non-hydrogen) atoms. The summed E-state index contributed by atoms with van der Waals surface area (Å²) in [5.41, 5.74) is 2.65. The molecule has 3 heterocycles. The second-order valence-electron chi connectivity index (χ2n) is 4.40. The van der Waals surface area contributed by atoms with E-state index >= 15 is 0 Å². The second-order valence-corrected chi connectivity index (χ2v) is 4.40. The number of anilines is 1. The van der Waals surface area contributed by atoms with Gasteiger partial charge in [0.1, 0.15) is 5.82 Å². The van der Waals surface area contributed by atoms with Crippen LogP contribution in [-0.2, 0) is 24.8 Å². The van der Waals surface area contributed by atoms with E-state index in [1.807, 2.05) is 11.7 Å². The number of fused-ring (bicyclic) bond motifs is 1. The Morgan fingerprint density at radius 2 is 2.12 bits per heavy atom. The van der Waals surface area contributed by atoms with Crippen LogP contribution in [0, 0.1) is 0 Å². The van der Waals surface area contributed by atoms with Crippen LogP contribution >= 0.6 is 0 Å². The number of ether oxygens (including phenoxy) is 1. The molecule has 1 N–H and O–H groups in total. The summed E-state index contributed by atoms with van der Waals surface area (Å²) >= 11 is 0. The van der Waals surface area contributed by atoms with Crippen LogP contribution in [0.1, 0.15) is 11.3 Å². The van der Waals surface area contributed by atoms with Gasteiger partial charge in [-0.05, 0) is 13.0 Å². The van der Waals surface area contributed by atoms with Crippen LogP contribution < -0.4 is 10.2 Å². The zero-order chi connectivity index (χ0) is 11.0. The van der Waals surface area contributed by atoms with E-state index in [0.717, 1.165) is 45.8 Å². The SMILES string of the molecule is Cn1nc2c(c1N1CCOCC1)CCNC2. The predicted octanol–water partition coefficient (Wildman–Crippen LogP) is -0.0976. The van der Waals surface area contributed by atoms with E-state index in [9.17, 15) is 0 Å². The highest BCUT2D eigenvalue weighted by molar-refractivity contribution is 5.51. The van der Waals surface area contributed by atoms with Crippen molar-refractivity contribution in [1.29, 1.82) is 0 Å². The zero-order valence-corrected chi connectivity index (χ0v) is 9.70. The summed E-state index contributed by atoms with van der Waals surface area (Å²) in [5, 5.41) is 7.96. The number of aromatic nitrogens is 2. The van der Waals surface area contributed by atoms with Crippen molar-refractivity contribution in [1.82, 2.24) is 15.1 Å². The summed E-state index contributed by atoms with van der Waals surface area (Å²) in [4.78, 5) is 2.40. The topological polar surface area (TPSA) is 42.3 Å². The molecule has 2 aliphatic rings. The van der Waals surface area contributed by atoms with Crippen LogP contribution in [0.25, 0.3) is 0 Å². The summed E-state index contributed by atoms with van der Waals surface area (Å²) in [6, 6.07) is 0. The van der Waals surface area contributed by atoms with Crippen LogP contribution in [0.5, 0.6) is 0 Å². The monoisotopic (exact) mass is 222 g/mol. The van der Waals surface area contributed by atoms with E-state index in [-0.39, 0.29) is 0 Å². The fourth-order valence-corrected chi connectivity index (χ4v) is 2.60. The van der Waals surface area contributed by atoms with Crippen LogP contribution in [0.4, 0.5) is 5.82 Å². The number of rotatable bonds is 1. The molecule has 0 spiro atoms. The Kier molecular flexibility index (Phi) is 2.57. The molecule has 0 saturated carbocycles. The molecule has 1 aromatic heterocycles. The van der Waals surface area contributed by atoms with Gasteiger partial charge in [0.05, 0.1) is 18.9 Å². The molecule has 0 radical (unpaired) electrons. The van der Waals surface area contributed by atoms with Crippen molar-refractivity contribution in [3.05, 3.63) is 11.3 Å². The number of hydrogen-bond acceptors (Lipinski definition) is 4. The molecule has 0 atom stereocenters. The van der Waals surface area contributed by atoms with Crippen LogP contribution in [-0.4, -0.2) is 42.6 Å². The van der Waals surface area contributed by atoms with Crippen molar-refractivity contribution < 1.29 is 4.74 Å². The number of morpholine rings is 1. The fraction of sp³-hybridized carbons (Fsp3) is 0.727. The van der Waals surface area contributed by atoms with Gasteiger partial charge in [0, 0.05) is 32.2 Å². The van der Waals surface area contributed by atoms with Gasteiger partial charge < -0.3 is 15.0 Å². The van der Waals surface area contributed by atoms with Gasteiger partial charge in [-0.2, -0.15) is 5.10 Å². The Balaban J connectivity index is 1.95. The first-order chi connectivity index (χ1) is 7.86. The van der Waals surface area contributed by atoms with E-state index in [0.29, 0.717) is 0 Å². The van der Waals surface area contributed by atoms with Crippen LogP contribution in [0.3, 0.4) is 0 Å². The van der Waals surface area contributed by atoms with Gasteiger partial charge >= 0.3 is 0 Å². The van der Waals surface area contributed by atoms with Crippen LogP contribution in [0.15, 0.2) is 0 Å². The van der Waals surface area contributed by atoms with Gasteiger partial charge in [-0.3, -0.25) is 4.68 Å². The van der Waals surface area contributed by atoms with Crippen molar-refractivity contribution in [2.45, 2.75) is 13.0 Å². The molecule has 0 aliphatic carbocycles. The van der Waals surface area contributed by atoms with Gasteiger partial charge in [0.2, 0.25) is 0 Å². The first-order valence-electron chi connectivity index (χ1n) is 5.94. The van der Waals surface area contributed by atoms with Crippen molar-refractivity contribution in [3.8, 4) is 0 Å². The second kappa shape index (κ2) is 4.07. The first-order valence-corrected chi connectivity index (χ1v) is 5.94. The summed E-state index contributed by atoms with van der Waals surface area (Å²) in [6.07, 6.45) is 1.09. The largest absolute Gasteiger partial charge is 0.378 e. The van der Waals surface area contributed by atoms with Gasteiger partial charge in [0.25, 0.3) is 0 Å². The van der Waals surface area contributed by atoms with Gasteiger partial charge in [-0.25, -0.2) is 0 Å². The maximum absolute atomic E-state index is 5.40. The van der Waals surface area contributed by atoms with Crippen molar-refractivity contribution in [2.24, 2.45) is 7.05 Å². The molecular formula is C11H18N4O. The highest BCUT2D eigenvalue weighted by Gasteiger charge is 2.24. The van der Waals surface area contributed by atoms with E-state index in [4.69, 9.17) is 4.74 Å². The highest BCUT2D eigenvalue weighted by Crippen LogP contribution is 2.26. The van der Waals surface area contributed by atoms with E-state index in [2.05, 4.69) is 15.3 Å². The quantitative estimate of drug-likeness (QED) is 0.720. The number of nitrogens with one attached hydrogen (secondary N) is 1. The molecule has 0 unspecified atom stereocenters. The molecule has 1 aromatic rings. The Morgan fingerprint density at radius 3 is 2.94 bits per heavy atom. The Hall–Kier alpha value is -1.07. The molecule has 1 saturated heterocycles. The Bertz CT molecular complexity index is 382. The van der Waals surface area contributed by atoms with Gasteiger partial charge in [0.15, 0.2) is 0 Å². The minimum Gasteiger partial charge on any atom is -0.378 e. The van der Waals surface area contributed by atoms with Crippen molar-refractivity contribution >= 4 is 5.82 Å². The molecule has 0 amide bonds. The molecular weight excluding hydrogens is 204 g/mol. The summed E-state index contributed by atoms with van der Waals surface area (Å²) in [7, 11) is 2.04. The average Bonchev–Trinajstić information content (AvgIpc) is 2.66. The molecule has 0 bridgehead atoms. The summed E-state index contributed by atoms with van der Waals surface area (Å²) < 4.78 is 7.43. The standard InChI is InChI=1S/C11H18N4O/c1-14-11(15-4-6-16-7-5-15)9-2-3-12-8-10(9)13-14/h12H,2-8H2,1H3. The maximum atomic E-state index is 5.40. The number of aryl methyl sites for hydroxylation is 1. The summed E-state index contributed by atoms with van der Waals surface area (Å²) in [6.45, 7) is 5.61. The van der Waals surface area contributed by atoms with Crippen molar-refractivity contribution in [2.75, 3.05) is 37.7 Å². The third kappa shape index (κ3) is 1.60. The highest BCUT2D eigenvalue weighted by atomic mass is 16.5. The lowest BCUT2D eigenvalue weighted by Crippen LogP contribution is -2.38. The Morgan fingerprint density at radius 1 is 1.31 bits per heavy atom. The minimum absolute atomic E-state index is 0.832. The molecule has 1 fully saturated rings. The average molecular weight is 222 g/mol. The minimum atomic E-state index is 0.832. The lowest BCUT2D eigenvalue weighted by atomic mass is 10.1. The van der Waals surface area contributed by atoms with E-state index in [1.165, 1.54) is 17.1 Å². The molecule has 5 heteroatoms. The van der Waals surface area contributed by atoms with E-state index in [1.54, 1.807) is 0 Å². The predicted molar refractivity (Wildman–Crippen MR) is 61.7 cm³/mol. The molecule has 88 valence electrons. The van der Waals surface area contributed by atoms with Crippen molar-refractivity contribution in [3.63, 3.8) is 0 Å². The lowest BCUT2D eigenvalue weighted by Gasteiger charge is -2.30. The maximum Gasteiger partial charge on any atom is 0.130 e. The Labute approximate surface area is 95.4 Å². The smallest absolute Gasteiger partial charge is 0.130 e. The molecule has 0 aromatic carbocycles. The third-order valence-corrected chi connectivity index (χ3v) is 3.35. The number of hydrogen-bond donors (Lipinski definition) is 1. The molecule has 2 aliphatic heterocycles. The molecule has 5 nitrogen and oxygen atoms in total. The first kappa shape index (κ1) is 10.1. The van der Waals surface area contributed by atoms with Gasteiger partial charge in [-0.1, -0.05) is 0 Å². The normalized spacial score (nSPS) is 20.9. The van der Waals surface area contributed by atoms with Gasteiger partial charge in [-0.15, -0.1) is 0 Å². The summed E-state index contributed by atoms with van der Waals surface area (Å²) in [5.74, 6) is 1.31.